The van der Waals surface area contributed by atoms with Crippen LogP contribution in [0.25, 0.3) is 0 Å². The molecule has 2 amide bonds. The number of rotatable bonds is 5. The van der Waals surface area contributed by atoms with E-state index in [0.717, 1.165) is 17.8 Å². The number of nitrogens with one attached hydrogen (secondary N) is 3. The fraction of sp³-hybridized carbons (Fsp3) is 0.333. The van der Waals surface area contributed by atoms with Gasteiger partial charge in [-0.3, -0.25) is 4.98 Å². The average Bonchev–Trinajstić information content (AvgIpc) is 2.68. The number of alkyl halides is 3. The molecule has 3 rings (SSSR count). The van der Waals surface area contributed by atoms with Crippen LogP contribution in [0.3, 0.4) is 0 Å². The molecule has 3 N–H and O–H groups in total. The summed E-state index contributed by atoms with van der Waals surface area (Å²) in [6.45, 7) is 2.33. The second-order valence-corrected chi connectivity index (χ2v) is 6.18. The molecule has 1 aliphatic rings. The SMILES string of the molecule is O=C(Nc1ccc(OC(F)(F)F)cc1)N1CCNCC1CNc1cccnc1. The highest BCUT2D eigenvalue weighted by atomic mass is 19.4. The van der Waals surface area contributed by atoms with Crippen molar-refractivity contribution in [2.75, 3.05) is 36.8 Å². The molecule has 0 aliphatic carbocycles. The number of nitrogens with zero attached hydrogens (tertiary/aromatic N) is 2. The summed E-state index contributed by atoms with van der Waals surface area (Å²) in [6.07, 6.45) is -1.37. The van der Waals surface area contributed by atoms with E-state index in [-0.39, 0.29) is 17.8 Å². The Morgan fingerprint density at radius 3 is 2.71 bits per heavy atom. The van der Waals surface area contributed by atoms with Gasteiger partial charge in [-0.25, -0.2) is 4.79 Å². The van der Waals surface area contributed by atoms with Gasteiger partial charge in [0.05, 0.1) is 11.7 Å². The maximum atomic E-state index is 12.6. The Kier molecular flexibility index (Phi) is 6.19. The standard InChI is InChI=1S/C18H20F3N5O2/c19-18(20,21)28-16-5-3-13(4-6-16)25-17(27)26-9-8-23-11-15(26)12-24-14-2-1-7-22-10-14/h1-7,10,15,23-24H,8-9,11-12H2,(H,25,27). The minimum absolute atomic E-state index is 0.0956. The number of amides is 2. The number of anilines is 2. The minimum atomic E-state index is -4.75. The van der Waals surface area contributed by atoms with Crippen LogP contribution in [-0.4, -0.2) is 54.5 Å². The lowest BCUT2D eigenvalue weighted by Crippen LogP contribution is -2.57. The summed E-state index contributed by atoms with van der Waals surface area (Å²) in [7, 11) is 0. The van der Waals surface area contributed by atoms with E-state index in [0.29, 0.717) is 31.9 Å². The van der Waals surface area contributed by atoms with E-state index in [9.17, 15) is 18.0 Å². The summed E-state index contributed by atoms with van der Waals surface area (Å²) in [4.78, 5) is 18.4. The lowest BCUT2D eigenvalue weighted by atomic mass is 10.2. The summed E-state index contributed by atoms with van der Waals surface area (Å²) in [5.74, 6) is -0.341. The largest absolute Gasteiger partial charge is 0.573 e. The third-order valence-electron chi connectivity index (χ3n) is 4.15. The van der Waals surface area contributed by atoms with Crippen LogP contribution >= 0.6 is 0 Å². The van der Waals surface area contributed by atoms with E-state index >= 15 is 0 Å². The summed E-state index contributed by atoms with van der Waals surface area (Å²) in [5.41, 5.74) is 1.24. The van der Waals surface area contributed by atoms with Crippen molar-refractivity contribution in [2.24, 2.45) is 0 Å². The monoisotopic (exact) mass is 395 g/mol. The first-order valence-corrected chi connectivity index (χ1v) is 8.69. The zero-order valence-corrected chi connectivity index (χ0v) is 14.9. The third kappa shape index (κ3) is 5.74. The number of pyridine rings is 1. The van der Waals surface area contributed by atoms with Gasteiger partial charge in [-0.05, 0) is 36.4 Å². The van der Waals surface area contributed by atoms with Crippen LogP contribution in [0.2, 0.25) is 0 Å². The fourth-order valence-electron chi connectivity index (χ4n) is 2.85. The molecule has 1 unspecified atom stereocenters. The van der Waals surface area contributed by atoms with Crippen LogP contribution in [0.4, 0.5) is 29.3 Å². The lowest BCUT2D eigenvalue weighted by molar-refractivity contribution is -0.274. The van der Waals surface area contributed by atoms with Crippen molar-refractivity contribution in [3.8, 4) is 5.75 Å². The van der Waals surface area contributed by atoms with E-state index in [2.05, 4.69) is 25.7 Å². The van der Waals surface area contributed by atoms with Crippen molar-refractivity contribution in [2.45, 2.75) is 12.4 Å². The second-order valence-electron chi connectivity index (χ2n) is 6.18. The van der Waals surface area contributed by atoms with Crippen LogP contribution in [-0.2, 0) is 0 Å². The molecule has 0 saturated carbocycles. The molecule has 1 aromatic carbocycles. The Balaban J connectivity index is 1.58. The van der Waals surface area contributed by atoms with Gasteiger partial charge in [0.1, 0.15) is 5.75 Å². The van der Waals surface area contributed by atoms with Crippen molar-refractivity contribution in [3.05, 3.63) is 48.8 Å². The van der Waals surface area contributed by atoms with Crippen molar-refractivity contribution in [1.29, 1.82) is 0 Å². The molecule has 1 fully saturated rings. The van der Waals surface area contributed by atoms with Crippen molar-refractivity contribution in [3.63, 3.8) is 0 Å². The predicted octanol–water partition coefficient (Wildman–Crippen LogP) is 2.90. The molecule has 0 bridgehead atoms. The molecule has 1 atom stereocenters. The molecule has 2 aromatic rings. The summed E-state index contributed by atoms with van der Waals surface area (Å²) < 4.78 is 40.5. The van der Waals surface area contributed by atoms with Gasteiger partial charge in [-0.1, -0.05) is 0 Å². The summed E-state index contributed by atoms with van der Waals surface area (Å²) >= 11 is 0. The second kappa shape index (κ2) is 8.79. The van der Waals surface area contributed by atoms with Crippen LogP contribution in [0.5, 0.6) is 5.75 Å². The van der Waals surface area contributed by atoms with E-state index < -0.39 is 6.36 Å². The number of aromatic nitrogens is 1. The summed E-state index contributed by atoms with van der Waals surface area (Å²) in [6, 6.07) is 8.33. The van der Waals surface area contributed by atoms with Gasteiger partial charge in [-0.15, -0.1) is 13.2 Å². The number of urea groups is 1. The van der Waals surface area contributed by atoms with Crippen molar-refractivity contribution >= 4 is 17.4 Å². The molecule has 28 heavy (non-hydrogen) atoms. The third-order valence-corrected chi connectivity index (χ3v) is 4.15. The van der Waals surface area contributed by atoms with Gasteiger partial charge in [0.2, 0.25) is 0 Å². The van der Waals surface area contributed by atoms with Gasteiger partial charge in [0, 0.05) is 44.3 Å². The molecule has 1 aromatic heterocycles. The predicted molar refractivity (Wildman–Crippen MR) is 98.2 cm³/mol. The molecule has 7 nitrogen and oxygen atoms in total. The van der Waals surface area contributed by atoms with E-state index in [1.807, 2.05) is 12.1 Å². The Bertz CT molecular complexity index is 771. The Hall–Kier alpha value is -3.01. The van der Waals surface area contributed by atoms with Crippen LogP contribution in [0.15, 0.2) is 48.8 Å². The van der Waals surface area contributed by atoms with E-state index in [4.69, 9.17) is 0 Å². The Morgan fingerprint density at radius 1 is 1.25 bits per heavy atom. The number of benzene rings is 1. The lowest BCUT2D eigenvalue weighted by Gasteiger charge is -2.36. The number of carbonyl (C=O) groups is 1. The highest BCUT2D eigenvalue weighted by Gasteiger charge is 2.31. The van der Waals surface area contributed by atoms with E-state index in [1.54, 1.807) is 17.3 Å². The quantitative estimate of drug-likeness (QED) is 0.726. The Labute approximate surface area is 159 Å². The average molecular weight is 395 g/mol. The molecule has 150 valence electrons. The van der Waals surface area contributed by atoms with Crippen LogP contribution in [0, 0.1) is 0 Å². The molecular formula is C18H20F3N5O2. The highest BCUT2D eigenvalue weighted by Crippen LogP contribution is 2.24. The Morgan fingerprint density at radius 2 is 2.04 bits per heavy atom. The number of halogens is 3. The molecule has 0 radical (unpaired) electrons. The van der Waals surface area contributed by atoms with Crippen molar-refractivity contribution < 1.29 is 22.7 Å². The van der Waals surface area contributed by atoms with Gasteiger partial charge < -0.3 is 25.6 Å². The molecule has 10 heteroatoms. The van der Waals surface area contributed by atoms with E-state index in [1.165, 1.54) is 12.1 Å². The minimum Gasteiger partial charge on any atom is -0.406 e. The first kappa shape index (κ1) is 19.7. The maximum Gasteiger partial charge on any atom is 0.573 e. The number of piperazine rings is 1. The number of hydrogen-bond acceptors (Lipinski definition) is 5. The molecule has 2 heterocycles. The number of ether oxygens (including phenoxy) is 1. The van der Waals surface area contributed by atoms with Gasteiger partial charge in [0.25, 0.3) is 0 Å². The smallest absolute Gasteiger partial charge is 0.406 e. The molecular weight excluding hydrogens is 375 g/mol. The fourth-order valence-corrected chi connectivity index (χ4v) is 2.85. The molecule has 1 saturated heterocycles. The zero-order chi connectivity index (χ0) is 20.0. The number of hydrogen-bond donors (Lipinski definition) is 3. The van der Waals surface area contributed by atoms with Crippen LogP contribution in [0.1, 0.15) is 0 Å². The first-order valence-electron chi connectivity index (χ1n) is 8.69. The maximum absolute atomic E-state index is 12.6. The topological polar surface area (TPSA) is 78.5 Å². The summed E-state index contributed by atoms with van der Waals surface area (Å²) in [5, 5.41) is 9.21. The first-order chi connectivity index (χ1) is 13.4. The zero-order valence-electron chi connectivity index (χ0n) is 14.9. The molecule has 1 aliphatic heterocycles. The normalized spacial score (nSPS) is 17.1. The van der Waals surface area contributed by atoms with Gasteiger partial charge in [0.15, 0.2) is 0 Å². The molecule has 0 spiro atoms. The van der Waals surface area contributed by atoms with Gasteiger partial charge >= 0.3 is 12.4 Å². The van der Waals surface area contributed by atoms with Crippen molar-refractivity contribution in [1.82, 2.24) is 15.2 Å². The van der Waals surface area contributed by atoms with Gasteiger partial charge in [-0.2, -0.15) is 0 Å². The highest BCUT2D eigenvalue weighted by molar-refractivity contribution is 5.89. The van der Waals surface area contributed by atoms with Crippen LogP contribution < -0.4 is 20.7 Å². The number of carbonyl (C=O) groups excluding carboxylic acids is 1.